The number of rotatable bonds is 5. The van der Waals surface area contributed by atoms with Crippen LogP contribution in [-0.4, -0.2) is 55.1 Å². The standard InChI is InChI=1S/C28H31F7N2O2/c1-17-11-21(29)3-4-23(17)25-16-37(22-6-9-39-10-7-22)8-5-24(25)26(38)36(2)15-18-12-19(27(30,31)32)14-20(13-18)28(33,34)35/h3-4,11-14,22,24-25H,5-10,15-16H2,1-2H3. The van der Waals surface area contributed by atoms with Gasteiger partial charge in [0.1, 0.15) is 5.82 Å². The number of alkyl halides is 6. The molecule has 0 aliphatic carbocycles. The van der Waals surface area contributed by atoms with E-state index in [1.165, 1.54) is 24.1 Å². The zero-order valence-electron chi connectivity index (χ0n) is 21.7. The van der Waals surface area contributed by atoms with Crippen molar-refractivity contribution in [2.75, 3.05) is 33.4 Å². The average molecular weight is 561 g/mol. The molecule has 2 saturated heterocycles. The van der Waals surface area contributed by atoms with Crippen LogP contribution in [0.2, 0.25) is 0 Å². The summed E-state index contributed by atoms with van der Waals surface area (Å²) in [5.41, 5.74) is -1.61. The van der Waals surface area contributed by atoms with Gasteiger partial charge in [0.25, 0.3) is 0 Å². The summed E-state index contributed by atoms with van der Waals surface area (Å²) in [6, 6.07) is 6.04. The van der Waals surface area contributed by atoms with Crippen molar-refractivity contribution in [2.24, 2.45) is 5.92 Å². The summed E-state index contributed by atoms with van der Waals surface area (Å²) in [4.78, 5) is 17.2. The third-order valence-electron chi connectivity index (χ3n) is 7.74. The molecule has 4 rings (SSSR count). The lowest BCUT2D eigenvalue weighted by molar-refractivity contribution is -0.143. The summed E-state index contributed by atoms with van der Waals surface area (Å²) in [6.07, 6.45) is -7.78. The van der Waals surface area contributed by atoms with Gasteiger partial charge < -0.3 is 9.64 Å². The smallest absolute Gasteiger partial charge is 0.381 e. The Bertz CT molecular complexity index is 1140. The van der Waals surface area contributed by atoms with Crippen LogP contribution in [0.25, 0.3) is 0 Å². The zero-order chi connectivity index (χ0) is 28.5. The van der Waals surface area contributed by atoms with Crippen LogP contribution < -0.4 is 0 Å². The van der Waals surface area contributed by atoms with E-state index in [0.717, 1.165) is 18.4 Å². The molecule has 2 aromatic carbocycles. The fourth-order valence-electron chi connectivity index (χ4n) is 5.77. The van der Waals surface area contributed by atoms with Gasteiger partial charge in [0, 0.05) is 51.2 Å². The Kier molecular flexibility index (Phi) is 8.61. The Morgan fingerprint density at radius 3 is 2.15 bits per heavy atom. The van der Waals surface area contributed by atoms with Crippen LogP contribution in [0.1, 0.15) is 53.0 Å². The number of halogens is 7. The summed E-state index contributed by atoms with van der Waals surface area (Å²) in [5, 5.41) is 0. The minimum Gasteiger partial charge on any atom is -0.381 e. The number of aryl methyl sites for hydroxylation is 1. The highest BCUT2D eigenvalue weighted by Crippen LogP contribution is 2.39. The molecule has 2 atom stereocenters. The van der Waals surface area contributed by atoms with Crippen molar-refractivity contribution >= 4 is 5.91 Å². The SMILES string of the molecule is Cc1cc(F)ccc1C1CN(C2CCOCC2)CCC1C(=O)N(C)Cc1cc(C(F)(F)F)cc(C(F)(F)F)c1. The molecule has 2 aliphatic rings. The van der Waals surface area contributed by atoms with Crippen LogP contribution in [0.15, 0.2) is 36.4 Å². The van der Waals surface area contributed by atoms with E-state index < -0.39 is 41.8 Å². The third kappa shape index (κ3) is 6.92. The first-order valence-corrected chi connectivity index (χ1v) is 12.8. The molecule has 39 heavy (non-hydrogen) atoms. The normalized spacial score (nSPS) is 21.7. The highest BCUT2D eigenvalue weighted by Gasteiger charge is 2.40. The number of benzene rings is 2. The molecule has 1 amide bonds. The van der Waals surface area contributed by atoms with Crippen molar-refractivity contribution < 1.29 is 40.3 Å². The second kappa shape index (κ2) is 11.4. The molecule has 2 heterocycles. The molecule has 2 fully saturated rings. The molecule has 214 valence electrons. The number of carbonyl (C=O) groups excluding carboxylic acids is 1. The maximum Gasteiger partial charge on any atom is 0.416 e. The average Bonchev–Trinajstić information content (AvgIpc) is 2.87. The fraction of sp³-hybridized carbons (Fsp3) is 0.536. The molecule has 0 N–H and O–H groups in total. The first-order chi connectivity index (χ1) is 18.2. The van der Waals surface area contributed by atoms with E-state index in [9.17, 15) is 35.5 Å². The van der Waals surface area contributed by atoms with Gasteiger partial charge in [0.2, 0.25) is 5.91 Å². The molecule has 4 nitrogen and oxygen atoms in total. The molecule has 0 saturated carbocycles. The van der Waals surface area contributed by atoms with E-state index in [1.54, 1.807) is 13.0 Å². The molecular formula is C28H31F7N2O2. The molecule has 2 unspecified atom stereocenters. The second-order valence-electron chi connectivity index (χ2n) is 10.4. The first-order valence-electron chi connectivity index (χ1n) is 12.8. The van der Waals surface area contributed by atoms with Crippen molar-refractivity contribution in [1.29, 1.82) is 0 Å². The Balaban J connectivity index is 1.60. The van der Waals surface area contributed by atoms with Crippen LogP contribution in [0.3, 0.4) is 0 Å². The van der Waals surface area contributed by atoms with Crippen LogP contribution in [-0.2, 0) is 28.4 Å². The number of nitrogens with zero attached hydrogens (tertiary/aromatic N) is 2. The van der Waals surface area contributed by atoms with Crippen LogP contribution in [0.4, 0.5) is 30.7 Å². The van der Waals surface area contributed by atoms with Gasteiger partial charge in [-0.05, 0) is 79.8 Å². The van der Waals surface area contributed by atoms with Gasteiger partial charge in [0.15, 0.2) is 0 Å². The van der Waals surface area contributed by atoms with E-state index in [0.29, 0.717) is 50.4 Å². The second-order valence-corrected chi connectivity index (χ2v) is 10.4. The molecule has 11 heteroatoms. The predicted octanol–water partition coefficient (Wildman–Crippen LogP) is 6.41. The number of piperidine rings is 1. The summed E-state index contributed by atoms with van der Waals surface area (Å²) >= 11 is 0. The summed E-state index contributed by atoms with van der Waals surface area (Å²) in [5.74, 6) is -1.66. The third-order valence-corrected chi connectivity index (χ3v) is 7.74. The van der Waals surface area contributed by atoms with E-state index in [4.69, 9.17) is 4.74 Å². The van der Waals surface area contributed by atoms with Crippen molar-refractivity contribution in [3.63, 3.8) is 0 Å². The van der Waals surface area contributed by atoms with Crippen LogP contribution in [0.5, 0.6) is 0 Å². The van der Waals surface area contributed by atoms with E-state index in [-0.39, 0.29) is 29.5 Å². The predicted molar refractivity (Wildman–Crippen MR) is 130 cm³/mol. The molecule has 2 aromatic rings. The monoisotopic (exact) mass is 560 g/mol. The first kappa shape index (κ1) is 29.3. The van der Waals surface area contributed by atoms with Crippen molar-refractivity contribution in [1.82, 2.24) is 9.80 Å². The minimum atomic E-state index is -4.97. The van der Waals surface area contributed by atoms with E-state index >= 15 is 0 Å². The molecular weight excluding hydrogens is 529 g/mol. The number of hydrogen-bond acceptors (Lipinski definition) is 3. The van der Waals surface area contributed by atoms with Crippen molar-refractivity contribution in [3.05, 3.63) is 70.0 Å². The van der Waals surface area contributed by atoms with E-state index in [1.807, 2.05) is 0 Å². The summed E-state index contributed by atoms with van der Waals surface area (Å²) in [7, 11) is 1.38. The molecule has 0 bridgehead atoms. The zero-order valence-corrected chi connectivity index (χ0v) is 21.7. The fourth-order valence-corrected chi connectivity index (χ4v) is 5.77. The van der Waals surface area contributed by atoms with Crippen LogP contribution >= 0.6 is 0 Å². The molecule has 0 aromatic heterocycles. The van der Waals surface area contributed by atoms with E-state index in [2.05, 4.69) is 4.90 Å². The Morgan fingerprint density at radius 1 is 0.974 bits per heavy atom. The highest BCUT2D eigenvalue weighted by molar-refractivity contribution is 5.80. The highest BCUT2D eigenvalue weighted by atomic mass is 19.4. The van der Waals surface area contributed by atoms with Gasteiger partial charge in [0.05, 0.1) is 11.1 Å². The number of likely N-dealkylation sites (tertiary alicyclic amines) is 1. The summed E-state index contributed by atoms with van der Waals surface area (Å²) in [6.45, 7) is 3.78. The maximum atomic E-state index is 13.9. The number of hydrogen-bond donors (Lipinski definition) is 0. The Hall–Kier alpha value is -2.66. The van der Waals surface area contributed by atoms with Crippen molar-refractivity contribution in [3.8, 4) is 0 Å². The minimum absolute atomic E-state index is 0.0741. The quantitative estimate of drug-likeness (QED) is 0.396. The lowest BCUT2D eigenvalue weighted by atomic mass is 9.77. The largest absolute Gasteiger partial charge is 0.416 e. The topological polar surface area (TPSA) is 32.8 Å². The van der Waals surface area contributed by atoms with Gasteiger partial charge in [-0.2, -0.15) is 26.3 Å². The summed E-state index contributed by atoms with van der Waals surface area (Å²) < 4.78 is 99.3. The van der Waals surface area contributed by atoms with Crippen molar-refractivity contribution in [2.45, 2.75) is 57.0 Å². The van der Waals surface area contributed by atoms with Gasteiger partial charge >= 0.3 is 12.4 Å². The Labute approximate surface area is 222 Å². The lowest BCUT2D eigenvalue weighted by Gasteiger charge is -2.44. The number of amides is 1. The lowest BCUT2D eigenvalue weighted by Crippen LogP contribution is -2.50. The molecule has 0 radical (unpaired) electrons. The van der Waals surface area contributed by atoms with Gasteiger partial charge in [-0.15, -0.1) is 0 Å². The van der Waals surface area contributed by atoms with Gasteiger partial charge in [-0.25, -0.2) is 4.39 Å². The number of ether oxygens (including phenoxy) is 1. The molecule has 0 spiro atoms. The maximum absolute atomic E-state index is 13.9. The van der Waals surface area contributed by atoms with Gasteiger partial charge in [-0.3, -0.25) is 9.69 Å². The van der Waals surface area contributed by atoms with Crippen LogP contribution in [0, 0.1) is 18.7 Å². The van der Waals surface area contributed by atoms with Gasteiger partial charge in [-0.1, -0.05) is 6.07 Å². The Morgan fingerprint density at radius 2 is 1.59 bits per heavy atom. The number of carbonyl (C=O) groups is 1. The molecule has 2 aliphatic heterocycles.